The predicted molar refractivity (Wildman–Crippen MR) is 128 cm³/mol. The maximum Gasteiger partial charge on any atom is 0.268 e. The average molecular weight is 450 g/mol. The lowest BCUT2D eigenvalue weighted by Gasteiger charge is -2.32. The lowest BCUT2D eigenvalue weighted by Crippen LogP contribution is -2.46. The molecular weight excluding hydrogens is 418 g/mol. The van der Waals surface area contributed by atoms with Gasteiger partial charge in [-0.2, -0.15) is 0 Å². The number of hydrogen-bond donors (Lipinski definition) is 2. The second-order valence-electron chi connectivity index (χ2n) is 9.36. The number of anilines is 2. The molecule has 2 aromatic carbocycles. The molecule has 0 unspecified atom stereocenters. The van der Waals surface area contributed by atoms with Gasteiger partial charge in [0.1, 0.15) is 12.3 Å². The van der Waals surface area contributed by atoms with E-state index in [9.17, 15) is 14.4 Å². The summed E-state index contributed by atoms with van der Waals surface area (Å²) in [5, 5.41) is 5.92. The predicted octanol–water partition coefficient (Wildman–Crippen LogP) is 4.20. The number of hydrogen-bond acceptors (Lipinski definition) is 4. The highest BCUT2D eigenvalue weighted by molar-refractivity contribution is 6.10. The van der Waals surface area contributed by atoms with Crippen molar-refractivity contribution in [3.05, 3.63) is 53.6 Å². The molecule has 2 aromatic rings. The van der Waals surface area contributed by atoms with Crippen LogP contribution in [0.4, 0.5) is 11.4 Å². The van der Waals surface area contributed by atoms with Gasteiger partial charge in [0, 0.05) is 17.3 Å². The molecule has 0 bridgehead atoms. The molecule has 3 amide bonds. The molecule has 1 fully saturated rings. The molecule has 0 aromatic heterocycles. The van der Waals surface area contributed by atoms with Crippen molar-refractivity contribution in [2.24, 2.45) is 0 Å². The summed E-state index contributed by atoms with van der Waals surface area (Å²) in [6, 6.07) is 12.6. The van der Waals surface area contributed by atoms with E-state index in [-0.39, 0.29) is 30.3 Å². The van der Waals surface area contributed by atoms with E-state index in [0.717, 1.165) is 31.2 Å². The topological polar surface area (TPSA) is 87.7 Å². The quantitative estimate of drug-likeness (QED) is 0.716. The molecule has 7 heteroatoms. The van der Waals surface area contributed by atoms with Crippen LogP contribution < -0.4 is 20.3 Å². The fraction of sp³-hybridized carbons (Fsp3) is 0.423. The highest BCUT2D eigenvalue weighted by Gasteiger charge is 2.36. The van der Waals surface area contributed by atoms with Gasteiger partial charge < -0.3 is 15.4 Å². The highest BCUT2D eigenvalue weighted by Crippen LogP contribution is 2.35. The van der Waals surface area contributed by atoms with E-state index in [4.69, 9.17) is 4.74 Å². The maximum atomic E-state index is 13.6. The van der Waals surface area contributed by atoms with Crippen molar-refractivity contribution in [1.82, 2.24) is 5.32 Å². The molecule has 1 saturated carbocycles. The van der Waals surface area contributed by atoms with E-state index in [1.807, 2.05) is 31.2 Å². The number of ether oxygens (including phenoxy) is 1. The number of aryl methyl sites for hydroxylation is 1. The van der Waals surface area contributed by atoms with Gasteiger partial charge in [-0.15, -0.1) is 0 Å². The first kappa shape index (κ1) is 22.8. The third kappa shape index (κ3) is 5.02. The summed E-state index contributed by atoms with van der Waals surface area (Å²) in [5.41, 5.74) is 1.41. The largest absolute Gasteiger partial charge is 0.476 e. The lowest BCUT2D eigenvalue weighted by atomic mass is 9.95. The molecule has 2 N–H and O–H groups in total. The summed E-state index contributed by atoms with van der Waals surface area (Å²) in [7, 11) is 0. The summed E-state index contributed by atoms with van der Waals surface area (Å²) in [4.78, 5) is 40.3. The van der Waals surface area contributed by atoms with Gasteiger partial charge in [-0.3, -0.25) is 19.3 Å². The number of benzene rings is 2. The smallest absolute Gasteiger partial charge is 0.268 e. The van der Waals surface area contributed by atoms with E-state index in [1.54, 1.807) is 32.0 Å². The van der Waals surface area contributed by atoms with E-state index in [2.05, 4.69) is 10.6 Å². The molecule has 1 heterocycles. The van der Waals surface area contributed by atoms with Gasteiger partial charge in [0.2, 0.25) is 5.91 Å². The zero-order chi connectivity index (χ0) is 23.6. The molecule has 0 radical (unpaired) electrons. The van der Waals surface area contributed by atoms with Crippen molar-refractivity contribution in [3.63, 3.8) is 0 Å². The lowest BCUT2D eigenvalue weighted by molar-refractivity contribution is -0.129. The number of nitrogens with one attached hydrogen (secondary N) is 2. The van der Waals surface area contributed by atoms with Crippen molar-refractivity contribution in [1.29, 1.82) is 0 Å². The number of carbonyl (C=O) groups is 3. The number of nitrogens with zero attached hydrogens (tertiary/aromatic N) is 1. The second kappa shape index (κ2) is 9.25. The standard InChI is InChI=1S/C26H31N3O4/c1-17-9-7-8-12-21(17)29(16-23(30)27-19-10-5-4-6-11-19)24(31)18-13-14-22-20(15-18)28-25(32)26(2,3)33-22/h7-9,12-15,19H,4-6,10-11,16H2,1-3H3,(H,27,30)(H,28,32). The number of carbonyl (C=O) groups excluding carboxylic acids is 3. The van der Waals surface area contributed by atoms with Gasteiger partial charge >= 0.3 is 0 Å². The number of para-hydroxylation sites is 1. The molecule has 0 atom stereocenters. The molecule has 33 heavy (non-hydrogen) atoms. The van der Waals surface area contributed by atoms with Crippen molar-refractivity contribution in [2.75, 3.05) is 16.8 Å². The Balaban J connectivity index is 1.60. The van der Waals surface area contributed by atoms with E-state index in [1.165, 1.54) is 11.3 Å². The maximum absolute atomic E-state index is 13.6. The molecule has 0 saturated heterocycles. The Morgan fingerprint density at radius 1 is 1.12 bits per heavy atom. The number of fused-ring (bicyclic) bond motifs is 1. The van der Waals surface area contributed by atoms with Crippen LogP contribution in [0.1, 0.15) is 61.9 Å². The number of rotatable bonds is 5. The SMILES string of the molecule is Cc1ccccc1N(CC(=O)NC1CCCCC1)C(=O)c1ccc2c(c1)NC(=O)C(C)(C)O2. The molecule has 174 valence electrons. The fourth-order valence-electron chi connectivity index (χ4n) is 4.40. The van der Waals surface area contributed by atoms with Crippen LogP contribution >= 0.6 is 0 Å². The van der Waals surface area contributed by atoms with Crippen LogP contribution in [0.25, 0.3) is 0 Å². The fourth-order valence-corrected chi connectivity index (χ4v) is 4.40. The Bertz CT molecular complexity index is 1070. The van der Waals surface area contributed by atoms with Crippen LogP contribution in [0, 0.1) is 6.92 Å². The van der Waals surface area contributed by atoms with Crippen molar-refractivity contribution in [2.45, 2.75) is 64.5 Å². The molecule has 4 rings (SSSR count). The van der Waals surface area contributed by atoms with Gasteiger partial charge in [-0.05, 0) is 63.4 Å². The molecule has 1 aliphatic heterocycles. The molecule has 0 spiro atoms. The monoisotopic (exact) mass is 449 g/mol. The van der Waals surface area contributed by atoms with Crippen molar-refractivity contribution >= 4 is 29.1 Å². The van der Waals surface area contributed by atoms with Gasteiger partial charge in [-0.25, -0.2) is 0 Å². The minimum Gasteiger partial charge on any atom is -0.476 e. The molecule has 7 nitrogen and oxygen atoms in total. The average Bonchev–Trinajstić information content (AvgIpc) is 2.78. The Kier molecular flexibility index (Phi) is 6.40. The molecule has 1 aliphatic carbocycles. The van der Waals surface area contributed by atoms with Gasteiger partial charge in [0.25, 0.3) is 11.8 Å². The first-order chi connectivity index (χ1) is 15.7. The molecular formula is C26H31N3O4. The summed E-state index contributed by atoms with van der Waals surface area (Å²) < 4.78 is 5.78. The van der Waals surface area contributed by atoms with Gasteiger partial charge in [0.15, 0.2) is 5.60 Å². The van der Waals surface area contributed by atoms with Crippen LogP contribution in [-0.2, 0) is 9.59 Å². The zero-order valence-corrected chi connectivity index (χ0v) is 19.4. The Morgan fingerprint density at radius 3 is 2.58 bits per heavy atom. The van der Waals surface area contributed by atoms with Crippen LogP contribution in [0.5, 0.6) is 5.75 Å². The molecule has 2 aliphatic rings. The highest BCUT2D eigenvalue weighted by atomic mass is 16.5. The van der Waals surface area contributed by atoms with Crippen molar-refractivity contribution < 1.29 is 19.1 Å². The third-order valence-electron chi connectivity index (χ3n) is 6.31. The normalized spacial score (nSPS) is 17.4. The van der Waals surface area contributed by atoms with E-state index < -0.39 is 5.60 Å². The summed E-state index contributed by atoms with van der Waals surface area (Å²) in [6.45, 7) is 5.22. The van der Waals surface area contributed by atoms with E-state index >= 15 is 0 Å². The summed E-state index contributed by atoms with van der Waals surface area (Å²) in [6.07, 6.45) is 5.39. The van der Waals surface area contributed by atoms with Crippen molar-refractivity contribution in [3.8, 4) is 5.75 Å². The summed E-state index contributed by atoms with van der Waals surface area (Å²) >= 11 is 0. The third-order valence-corrected chi connectivity index (χ3v) is 6.31. The Hall–Kier alpha value is -3.35. The van der Waals surface area contributed by atoms with Crippen LogP contribution in [0.2, 0.25) is 0 Å². The van der Waals surface area contributed by atoms with Gasteiger partial charge in [-0.1, -0.05) is 37.5 Å². The second-order valence-corrected chi connectivity index (χ2v) is 9.36. The number of amides is 3. The Labute approximate surface area is 194 Å². The minimum absolute atomic E-state index is 0.0762. The van der Waals surface area contributed by atoms with Gasteiger partial charge in [0.05, 0.1) is 5.69 Å². The summed E-state index contributed by atoms with van der Waals surface area (Å²) in [5.74, 6) is -0.254. The first-order valence-corrected chi connectivity index (χ1v) is 11.6. The zero-order valence-electron chi connectivity index (χ0n) is 19.4. The Morgan fingerprint density at radius 2 is 1.85 bits per heavy atom. The van der Waals surface area contributed by atoms with E-state index in [0.29, 0.717) is 22.7 Å². The van der Waals surface area contributed by atoms with Crippen LogP contribution in [0.3, 0.4) is 0 Å². The van der Waals surface area contributed by atoms with Crippen LogP contribution in [-0.4, -0.2) is 35.9 Å². The minimum atomic E-state index is -0.983. The first-order valence-electron chi connectivity index (χ1n) is 11.6. The van der Waals surface area contributed by atoms with Crippen LogP contribution in [0.15, 0.2) is 42.5 Å².